The zero-order valence-corrected chi connectivity index (χ0v) is 15.1. The maximum atomic E-state index is 12.8. The van der Waals surface area contributed by atoms with Crippen LogP contribution in [-0.2, 0) is 0 Å². The molecule has 1 aliphatic heterocycles. The van der Waals surface area contributed by atoms with Crippen LogP contribution in [0.2, 0.25) is 0 Å². The molecule has 5 heteroatoms. The standard InChI is InChI=1S/C20H26N4O/c1-3-24(17-10-8-9-16(2)15-17)20-21-12-11-18(22-20)19(25)23-13-6-4-5-7-14-23/h8-12,15H,3-7,13-14H2,1-2H3. The van der Waals surface area contributed by atoms with Crippen molar-refractivity contribution < 1.29 is 4.79 Å². The van der Waals surface area contributed by atoms with Gasteiger partial charge in [0.2, 0.25) is 5.95 Å². The summed E-state index contributed by atoms with van der Waals surface area (Å²) in [6.45, 7) is 6.53. The molecule has 0 radical (unpaired) electrons. The van der Waals surface area contributed by atoms with Gasteiger partial charge in [0.1, 0.15) is 5.69 Å². The number of likely N-dealkylation sites (tertiary alicyclic amines) is 1. The Hall–Kier alpha value is -2.43. The number of carbonyl (C=O) groups excluding carboxylic acids is 1. The van der Waals surface area contributed by atoms with Crippen LogP contribution in [0.15, 0.2) is 36.5 Å². The van der Waals surface area contributed by atoms with E-state index in [1.807, 2.05) is 21.9 Å². The van der Waals surface area contributed by atoms with E-state index in [1.54, 1.807) is 12.3 Å². The summed E-state index contributed by atoms with van der Waals surface area (Å²) < 4.78 is 0. The number of hydrogen-bond donors (Lipinski definition) is 0. The molecule has 2 aromatic rings. The largest absolute Gasteiger partial charge is 0.337 e. The van der Waals surface area contributed by atoms with Crippen molar-refractivity contribution in [2.24, 2.45) is 0 Å². The van der Waals surface area contributed by atoms with Crippen molar-refractivity contribution in [3.05, 3.63) is 47.8 Å². The predicted octanol–water partition coefficient (Wildman–Crippen LogP) is 3.96. The van der Waals surface area contributed by atoms with Crippen LogP contribution in [0.1, 0.15) is 48.7 Å². The third-order valence-corrected chi connectivity index (χ3v) is 4.63. The lowest BCUT2D eigenvalue weighted by molar-refractivity contribution is 0.0755. The zero-order valence-electron chi connectivity index (χ0n) is 15.1. The van der Waals surface area contributed by atoms with Crippen molar-refractivity contribution in [3.8, 4) is 0 Å². The van der Waals surface area contributed by atoms with E-state index in [9.17, 15) is 4.79 Å². The van der Waals surface area contributed by atoms with Crippen molar-refractivity contribution in [1.82, 2.24) is 14.9 Å². The van der Waals surface area contributed by atoms with Gasteiger partial charge in [-0.25, -0.2) is 9.97 Å². The minimum absolute atomic E-state index is 0.0193. The molecule has 0 N–H and O–H groups in total. The lowest BCUT2D eigenvalue weighted by Gasteiger charge is -2.23. The van der Waals surface area contributed by atoms with Gasteiger partial charge in [-0.05, 0) is 50.5 Å². The Kier molecular flexibility index (Phi) is 5.64. The fraction of sp³-hybridized carbons (Fsp3) is 0.450. The van der Waals surface area contributed by atoms with Crippen molar-refractivity contribution in [3.63, 3.8) is 0 Å². The van der Waals surface area contributed by atoms with E-state index in [4.69, 9.17) is 0 Å². The molecule has 0 spiro atoms. The molecule has 1 aromatic heterocycles. The molecule has 5 nitrogen and oxygen atoms in total. The van der Waals surface area contributed by atoms with E-state index in [2.05, 4.69) is 35.9 Å². The first-order chi connectivity index (χ1) is 12.2. The molecule has 1 aromatic carbocycles. The molecule has 1 amide bonds. The van der Waals surface area contributed by atoms with Crippen molar-refractivity contribution in [2.75, 3.05) is 24.5 Å². The van der Waals surface area contributed by atoms with Crippen LogP contribution in [0, 0.1) is 6.92 Å². The number of aromatic nitrogens is 2. The van der Waals surface area contributed by atoms with Gasteiger partial charge in [-0.15, -0.1) is 0 Å². The number of anilines is 2. The second-order valence-electron chi connectivity index (χ2n) is 6.53. The lowest BCUT2D eigenvalue weighted by Crippen LogP contribution is -2.33. The molecule has 0 unspecified atom stereocenters. The number of carbonyl (C=O) groups is 1. The van der Waals surface area contributed by atoms with E-state index in [0.29, 0.717) is 11.6 Å². The molecule has 2 heterocycles. The van der Waals surface area contributed by atoms with E-state index in [-0.39, 0.29) is 5.91 Å². The van der Waals surface area contributed by atoms with Crippen molar-refractivity contribution in [1.29, 1.82) is 0 Å². The van der Waals surface area contributed by atoms with Gasteiger partial charge in [0.25, 0.3) is 5.91 Å². The zero-order chi connectivity index (χ0) is 17.6. The van der Waals surface area contributed by atoms with Gasteiger partial charge >= 0.3 is 0 Å². The van der Waals surface area contributed by atoms with Crippen LogP contribution < -0.4 is 4.90 Å². The topological polar surface area (TPSA) is 49.3 Å². The van der Waals surface area contributed by atoms with Gasteiger partial charge < -0.3 is 9.80 Å². The van der Waals surface area contributed by atoms with Crippen LogP contribution in [0.4, 0.5) is 11.6 Å². The second kappa shape index (κ2) is 8.10. The van der Waals surface area contributed by atoms with E-state index < -0.39 is 0 Å². The van der Waals surface area contributed by atoms with Gasteiger partial charge in [-0.3, -0.25) is 4.79 Å². The fourth-order valence-corrected chi connectivity index (χ4v) is 3.27. The quantitative estimate of drug-likeness (QED) is 0.847. The summed E-state index contributed by atoms with van der Waals surface area (Å²) in [7, 11) is 0. The smallest absolute Gasteiger partial charge is 0.272 e. The Morgan fingerprint density at radius 3 is 2.60 bits per heavy atom. The summed E-state index contributed by atoms with van der Waals surface area (Å²) in [4.78, 5) is 25.8. The Balaban J connectivity index is 1.85. The first-order valence-electron chi connectivity index (χ1n) is 9.15. The average Bonchev–Trinajstić information content (AvgIpc) is 2.91. The van der Waals surface area contributed by atoms with E-state index in [1.165, 1.54) is 18.4 Å². The van der Waals surface area contributed by atoms with Gasteiger partial charge in [0.15, 0.2) is 0 Å². The first-order valence-corrected chi connectivity index (χ1v) is 9.15. The van der Waals surface area contributed by atoms with Crippen LogP contribution in [-0.4, -0.2) is 40.4 Å². The van der Waals surface area contributed by atoms with Crippen molar-refractivity contribution in [2.45, 2.75) is 39.5 Å². The third-order valence-electron chi connectivity index (χ3n) is 4.63. The van der Waals surface area contributed by atoms with Gasteiger partial charge in [0.05, 0.1) is 0 Å². The Bertz CT molecular complexity index is 723. The number of hydrogen-bond acceptors (Lipinski definition) is 4. The molecule has 25 heavy (non-hydrogen) atoms. The van der Waals surface area contributed by atoms with Crippen molar-refractivity contribution >= 4 is 17.5 Å². The molecule has 0 atom stereocenters. The summed E-state index contributed by atoms with van der Waals surface area (Å²) in [6.07, 6.45) is 6.25. The minimum Gasteiger partial charge on any atom is -0.337 e. The molecule has 0 saturated carbocycles. The summed E-state index contributed by atoms with van der Waals surface area (Å²) in [6, 6.07) is 9.97. The summed E-state index contributed by atoms with van der Waals surface area (Å²) in [5.41, 5.74) is 2.72. The summed E-state index contributed by atoms with van der Waals surface area (Å²) >= 11 is 0. The van der Waals surface area contributed by atoms with Crippen LogP contribution in [0.25, 0.3) is 0 Å². The molecular formula is C20H26N4O. The maximum Gasteiger partial charge on any atom is 0.272 e. The fourth-order valence-electron chi connectivity index (χ4n) is 3.27. The van der Waals surface area contributed by atoms with Crippen LogP contribution >= 0.6 is 0 Å². The number of rotatable bonds is 4. The highest BCUT2D eigenvalue weighted by atomic mass is 16.2. The molecule has 1 fully saturated rings. The molecule has 132 valence electrons. The molecule has 0 bridgehead atoms. The number of amides is 1. The molecule has 1 aliphatic rings. The highest BCUT2D eigenvalue weighted by molar-refractivity contribution is 5.92. The second-order valence-corrected chi connectivity index (χ2v) is 6.53. The van der Waals surface area contributed by atoms with Gasteiger partial charge in [-0.1, -0.05) is 25.0 Å². The summed E-state index contributed by atoms with van der Waals surface area (Å²) in [5, 5.41) is 0. The monoisotopic (exact) mass is 338 g/mol. The average molecular weight is 338 g/mol. The van der Waals surface area contributed by atoms with E-state index >= 15 is 0 Å². The molecule has 3 rings (SSSR count). The predicted molar refractivity (Wildman–Crippen MR) is 100 cm³/mol. The molecular weight excluding hydrogens is 312 g/mol. The van der Waals surface area contributed by atoms with E-state index in [0.717, 1.165) is 38.2 Å². The maximum absolute atomic E-state index is 12.8. The third kappa shape index (κ3) is 4.16. The Morgan fingerprint density at radius 2 is 1.92 bits per heavy atom. The highest BCUT2D eigenvalue weighted by Gasteiger charge is 2.20. The Labute approximate surface area is 149 Å². The normalized spacial score (nSPS) is 14.9. The number of nitrogens with zero attached hydrogens (tertiary/aromatic N) is 4. The molecule has 1 saturated heterocycles. The highest BCUT2D eigenvalue weighted by Crippen LogP contribution is 2.23. The Morgan fingerprint density at radius 1 is 1.16 bits per heavy atom. The van der Waals surface area contributed by atoms with Gasteiger partial charge in [-0.2, -0.15) is 0 Å². The SMILES string of the molecule is CCN(c1cccc(C)c1)c1nccc(C(=O)N2CCCCCC2)n1. The lowest BCUT2D eigenvalue weighted by atomic mass is 10.2. The summed E-state index contributed by atoms with van der Waals surface area (Å²) in [5.74, 6) is 0.597. The number of benzene rings is 1. The van der Waals surface area contributed by atoms with Gasteiger partial charge in [0, 0.05) is 31.5 Å². The number of aryl methyl sites for hydroxylation is 1. The van der Waals surface area contributed by atoms with Crippen LogP contribution in [0.3, 0.4) is 0 Å². The first kappa shape index (κ1) is 17.4. The minimum atomic E-state index is 0.0193. The molecule has 0 aliphatic carbocycles. The van der Waals surface area contributed by atoms with Crippen LogP contribution in [0.5, 0.6) is 0 Å².